The Labute approximate surface area is 181 Å². The number of aliphatic carboxylic acids is 1. The molecule has 158 valence electrons. The van der Waals surface area contributed by atoms with Gasteiger partial charge in [-0.05, 0) is 11.6 Å². The van der Waals surface area contributed by atoms with Crippen LogP contribution in [0.3, 0.4) is 0 Å². The number of carboxylic acid groups (broad SMARTS) is 1. The molecule has 1 N–H and O–H groups in total. The Balaban J connectivity index is 1.78. The van der Waals surface area contributed by atoms with E-state index in [0.717, 1.165) is 11.6 Å². The highest BCUT2D eigenvalue weighted by Crippen LogP contribution is 2.38. The number of nitrogens with zero attached hydrogens (tertiary/aromatic N) is 3. The maximum absolute atomic E-state index is 12.4. The predicted molar refractivity (Wildman–Crippen MR) is 110 cm³/mol. The number of rotatable bonds is 5. The molecule has 1 heterocycles. The minimum absolute atomic E-state index is 0.0119. The number of carbonyl (C=O) groups is 2. The van der Waals surface area contributed by atoms with Crippen LogP contribution >= 0.6 is 23.2 Å². The largest absolute Gasteiger partial charge is 0.480 e. The summed E-state index contributed by atoms with van der Waals surface area (Å²) in [6.45, 7) is 0.00124. The monoisotopic (exact) mass is 453 g/mol. The first-order chi connectivity index (χ1) is 14.3. The number of nitro groups is 1. The van der Waals surface area contributed by atoms with Gasteiger partial charge in [-0.2, -0.15) is 0 Å². The number of ether oxygens (including phenoxy) is 1. The van der Waals surface area contributed by atoms with Crippen molar-refractivity contribution in [1.29, 1.82) is 0 Å². The zero-order chi connectivity index (χ0) is 21.8. The number of halogens is 2. The van der Waals surface area contributed by atoms with Gasteiger partial charge in [0.1, 0.15) is 18.3 Å². The number of nitro benzene ring substituents is 1. The minimum atomic E-state index is -1.24. The Morgan fingerprint density at radius 1 is 1.17 bits per heavy atom. The maximum Gasteiger partial charge on any atom is 0.410 e. The van der Waals surface area contributed by atoms with Crippen molar-refractivity contribution < 1.29 is 24.4 Å². The van der Waals surface area contributed by atoms with E-state index in [2.05, 4.69) is 0 Å². The van der Waals surface area contributed by atoms with Gasteiger partial charge in [-0.3, -0.25) is 10.1 Å². The number of anilines is 1. The van der Waals surface area contributed by atoms with Gasteiger partial charge in [0.15, 0.2) is 0 Å². The lowest BCUT2D eigenvalue weighted by Crippen LogP contribution is -2.58. The molecule has 0 aromatic heterocycles. The van der Waals surface area contributed by atoms with E-state index in [1.54, 1.807) is 12.1 Å². The molecule has 1 fully saturated rings. The van der Waals surface area contributed by atoms with Gasteiger partial charge in [-0.1, -0.05) is 53.5 Å². The fourth-order valence-corrected chi connectivity index (χ4v) is 3.48. The minimum Gasteiger partial charge on any atom is -0.480 e. The zero-order valence-corrected chi connectivity index (χ0v) is 17.0. The standard InChI is InChI=1S/C19H17Cl2N3O6/c20-13-8-15(16(24(28)29)9-14(13)21)23-7-6-22(10-17(23)18(25)26)19(27)30-11-12-4-2-1-3-5-12/h1-5,8-9,17H,6-7,10-11H2,(H,25,26). The summed E-state index contributed by atoms with van der Waals surface area (Å²) in [4.78, 5) is 37.7. The second-order valence-electron chi connectivity index (χ2n) is 6.55. The normalized spacial score (nSPS) is 16.3. The summed E-state index contributed by atoms with van der Waals surface area (Å²) in [5.74, 6) is -1.24. The molecule has 0 spiro atoms. The third-order valence-corrected chi connectivity index (χ3v) is 5.37. The predicted octanol–water partition coefficient (Wildman–Crippen LogP) is 3.81. The second kappa shape index (κ2) is 9.19. The number of amides is 1. The molecule has 1 amide bonds. The van der Waals surface area contributed by atoms with Crippen molar-refractivity contribution in [2.75, 3.05) is 24.5 Å². The highest BCUT2D eigenvalue weighted by atomic mass is 35.5. The summed E-state index contributed by atoms with van der Waals surface area (Å²) < 4.78 is 5.26. The van der Waals surface area contributed by atoms with Crippen molar-refractivity contribution in [3.63, 3.8) is 0 Å². The first-order valence-electron chi connectivity index (χ1n) is 8.86. The Morgan fingerprint density at radius 2 is 1.83 bits per heavy atom. The summed E-state index contributed by atoms with van der Waals surface area (Å²) in [5.41, 5.74) is 0.459. The summed E-state index contributed by atoms with van der Waals surface area (Å²) in [6, 6.07) is 10.2. The van der Waals surface area contributed by atoms with E-state index in [0.29, 0.717) is 0 Å². The van der Waals surface area contributed by atoms with Gasteiger partial charge in [0, 0.05) is 19.2 Å². The number of hydrogen-bond acceptors (Lipinski definition) is 6. The first-order valence-corrected chi connectivity index (χ1v) is 9.62. The van der Waals surface area contributed by atoms with Crippen molar-refractivity contribution >= 4 is 46.6 Å². The molecule has 0 radical (unpaired) electrons. The lowest BCUT2D eigenvalue weighted by atomic mass is 10.1. The molecule has 2 aromatic rings. The van der Waals surface area contributed by atoms with Crippen LogP contribution in [-0.4, -0.2) is 52.7 Å². The van der Waals surface area contributed by atoms with E-state index < -0.39 is 23.0 Å². The molecule has 2 aromatic carbocycles. The summed E-state index contributed by atoms with van der Waals surface area (Å²) in [6.07, 6.45) is -0.659. The molecule has 30 heavy (non-hydrogen) atoms. The second-order valence-corrected chi connectivity index (χ2v) is 7.36. The zero-order valence-electron chi connectivity index (χ0n) is 15.5. The third kappa shape index (κ3) is 4.74. The molecular formula is C19H17Cl2N3O6. The van der Waals surface area contributed by atoms with Crippen LogP contribution in [0.25, 0.3) is 0 Å². The quantitative estimate of drug-likeness (QED) is 0.540. The van der Waals surface area contributed by atoms with E-state index in [9.17, 15) is 24.8 Å². The lowest BCUT2D eigenvalue weighted by Gasteiger charge is -2.39. The SMILES string of the molecule is O=C(O)C1CN(C(=O)OCc2ccccc2)CCN1c1cc(Cl)c(Cl)cc1[N+](=O)[O-]. The van der Waals surface area contributed by atoms with Crippen LogP contribution in [0.1, 0.15) is 5.56 Å². The van der Waals surface area contributed by atoms with Crippen LogP contribution in [0.4, 0.5) is 16.2 Å². The average molecular weight is 454 g/mol. The summed E-state index contributed by atoms with van der Waals surface area (Å²) in [7, 11) is 0. The molecule has 0 aliphatic carbocycles. The molecule has 1 aliphatic rings. The van der Waals surface area contributed by atoms with E-state index in [4.69, 9.17) is 27.9 Å². The Hall–Kier alpha value is -3.04. The van der Waals surface area contributed by atoms with Gasteiger partial charge in [-0.25, -0.2) is 9.59 Å². The van der Waals surface area contributed by atoms with Crippen LogP contribution < -0.4 is 4.90 Å². The molecule has 1 unspecified atom stereocenters. The van der Waals surface area contributed by atoms with Gasteiger partial charge in [-0.15, -0.1) is 0 Å². The number of carbonyl (C=O) groups excluding carboxylic acids is 1. The highest BCUT2D eigenvalue weighted by Gasteiger charge is 2.38. The van der Waals surface area contributed by atoms with Crippen LogP contribution in [0, 0.1) is 10.1 Å². The first kappa shape index (κ1) is 21.7. The van der Waals surface area contributed by atoms with E-state index >= 15 is 0 Å². The Kier molecular flexibility index (Phi) is 6.63. The molecule has 1 atom stereocenters. The van der Waals surface area contributed by atoms with Crippen LogP contribution in [-0.2, 0) is 16.1 Å². The van der Waals surface area contributed by atoms with Gasteiger partial charge < -0.3 is 19.6 Å². The van der Waals surface area contributed by atoms with Crippen LogP contribution in [0.5, 0.6) is 0 Å². The molecule has 9 nitrogen and oxygen atoms in total. The Morgan fingerprint density at radius 3 is 2.47 bits per heavy atom. The van der Waals surface area contributed by atoms with Crippen molar-refractivity contribution in [3.05, 3.63) is 68.2 Å². The van der Waals surface area contributed by atoms with E-state index in [1.807, 2.05) is 18.2 Å². The summed E-state index contributed by atoms with van der Waals surface area (Å²) >= 11 is 11.9. The van der Waals surface area contributed by atoms with Gasteiger partial charge in [0.25, 0.3) is 5.69 Å². The summed E-state index contributed by atoms with van der Waals surface area (Å²) in [5, 5.41) is 21.2. The van der Waals surface area contributed by atoms with E-state index in [-0.39, 0.29) is 47.7 Å². The van der Waals surface area contributed by atoms with Crippen molar-refractivity contribution in [2.24, 2.45) is 0 Å². The fraction of sp³-hybridized carbons (Fsp3) is 0.263. The van der Waals surface area contributed by atoms with Crippen LogP contribution in [0.2, 0.25) is 10.0 Å². The van der Waals surface area contributed by atoms with E-state index in [1.165, 1.54) is 15.9 Å². The molecule has 0 saturated carbocycles. The number of piperazine rings is 1. The fourth-order valence-electron chi connectivity index (χ4n) is 3.16. The molecule has 3 rings (SSSR count). The molecular weight excluding hydrogens is 437 g/mol. The molecule has 1 saturated heterocycles. The van der Waals surface area contributed by atoms with Crippen LogP contribution in [0.15, 0.2) is 42.5 Å². The van der Waals surface area contributed by atoms with Gasteiger partial charge >= 0.3 is 12.1 Å². The van der Waals surface area contributed by atoms with Crippen molar-refractivity contribution in [2.45, 2.75) is 12.6 Å². The lowest BCUT2D eigenvalue weighted by molar-refractivity contribution is -0.384. The highest BCUT2D eigenvalue weighted by molar-refractivity contribution is 6.42. The molecule has 1 aliphatic heterocycles. The molecule has 0 bridgehead atoms. The number of hydrogen-bond donors (Lipinski definition) is 1. The topological polar surface area (TPSA) is 113 Å². The van der Waals surface area contributed by atoms with Gasteiger partial charge in [0.05, 0.1) is 21.5 Å². The van der Waals surface area contributed by atoms with Gasteiger partial charge in [0.2, 0.25) is 0 Å². The van der Waals surface area contributed by atoms with Crippen molar-refractivity contribution in [3.8, 4) is 0 Å². The third-order valence-electron chi connectivity index (χ3n) is 4.65. The Bertz CT molecular complexity index is 972. The molecule has 11 heteroatoms. The number of benzene rings is 2. The van der Waals surface area contributed by atoms with Crippen molar-refractivity contribution in [1.82, 2.24) is 4.90 Å². The smallest absolute Gasteiger partial charge is 0.410 e. The average Bonchev–Trinajstić information content (AvgIpc) is 2.73. The number of carboxylic acids is 1. The maximum atomic E-state index is 12.4.